The minimum atomic E-state index is -1.01. The van der Waals surface area contributed by atoms with E-state index < -0.39 is 40.7 Å². The predicted octanol–water partition coefficient (Wildman–Crippen LogP) is 3.59. The molecule has 1 saturated heterocycles. The van der Waals surface area contributed by atoms with Crippen molar-refractivity contribution >= 4 is 0 Å². The lowest BCUT2D eigenvalue weighted by atomic mass is 9.80. The van der Waals surface area contributed by atoms with Gasteiger partial charge in [-0.25, -0.2) is 4.79 Å². The van der Waals surface area contributed by atoms with Crippen molar-refractivity contribution in [2.24, 2.45) is 5.41 Å². The van der Waals surface area contributed by atoms with Crippen LogP contribution in [0.1, 0.15) is 35.8 Å². The second-order valence-corrected chi connectivity index (χ2v) is 10.2. The van der Waals surface area contributed by atoms with Crippen molar-refractivity contribution < 1.29 is 19.3 Å². The topological polar surface area (TPSA) is 103 Å². The molecule has 2 heterocycles. The summed E-state index contributed by atoms with van der Waals surface area (Å²) < 4.78 is 20.0. The Bertz CT molecular complexity index is 1500. The van der Waals surface area contributed by atoms with Crippen LogP contribution < -0.4 is 16.0 Å². The third kappa shape index (κ3) is 4.30. The molecule has 3 unspecified atom stereocenters. The smallest absolute Gasteiger partial charge is 0.330 e. The van der Waals surface area contributed by atoms with Crippen LogP contribution >= 0.6 is 0 Å². The van der Waals surface area contributed by atoms with Crippen LogP contribution in [0.25, 0.3) is 0 Å². The Morgan fingerprint density at radius 3 is 2.05 bits per heavy atom. The fourth-order valence-corrected chi connectivity index (χ4v) is 5.79. The van der Waals surface area contributed by atoms with Gasteiger partial charge in [-0.1, -0.05) is 72.8 Å². The van der Waals surface area contributed by atoms with Crippen LogP contribution in [0.15, 0.2) is 107 Å². The van der Waals surface area contributed by atoms with Crippen molar-refractivity contribution in [3.05, 3.63) is 135 Å². The zero-order valence-corrected chi connectivity index (χ0v) is 21.5. The van der Waals surface area contributed by atoms with E-state index in [0.717, 1.165) is 22.4 Å². The van der Waals surface area contributed by atoms with E-state index in [1.165, 1.54) is 16.8 Å². The van der Waals surface area contributed by atoms with E-state index in [4.69, 9.17) is 14.2 Å². The molecule has 3 atom stereocenters. The highest BCUT2D eigenvalue weighted by molar-refractivity contribution is 5.48. The number of methoxy groups -OCH3 is 1. The number of nitrogens with one attached hydrogen (secondary N) is 1. The summed E-state index contributed by atoms with van der Waals surface area (Å²) in [4.78, 5) is 26.5. The summed E-state index contributed by atoms with van der Waals surface area (Å²) in [6, 6.07) is 28.9. The molecule has 1 aliphatic heterocycles. The van der Waals surface area contributed by atoms with Crippen molar-refractivity contribution in [1.82, 2.24) is 9.55 Å². The van der Waals surface area contributed by atoms with E-state index in [0.29, 0.717) is 12.8 Å². The molecule has 0 bridgehead atoms. The molecule has 8 heteroatoms. The minimum Gasteiger partial charge on any atom is -0.497 e. The summed E-state index contributed by atoms with van der Waals surface area (Å²) in [6.07, 6.45) is 0.610. The van der Waals surface area contributed by atoms with E-state index in [2.05, 4.69) is 4.98 Å². The number of ether oxygens (including phenoxy) is 3. The standard InChI is InChI=1S/C31H30N2O6/c1-37-24-14-12-23(13-15-24)31(21-8-4-2-5-9-21,22-10-6-3-7-11-22)38-20-25-27(35)30(17-18-30)28(39-25)33-19-16-26(34)32-29(33)36/h2-16,19,25,27-28,35H,17-18,20H2,1H3,(H,32,34,36). The SMILES string of the molecule is COc1ccc(C(OCC2OC(n3ccc(=O)[nH]c3=O)C3(CC3)C2O)(c2ccccc2)c2ccccc2)cc1. The Hall–Kier alpha value is -3.98. The van der Waals surface area contributed by atoms with Crippen LogP contribution in [-0.4, -0.2) is 40.6 Å². The van der Waals surface area contributed by atoms with Gasteiger partial charge in [0.25, 0.3) is 5.56 Å². The van der Waals surface area contributed by atoms with E-state index >= 15 is 0 Å². The first kappa shape index (κ1) is 25.3. The lowest BCUT2D eigenvalue weighted by molar-refractivity contribution is -0.0951. The van der Waals surface area contributed by atoms with Gasteiger partial charge in [0.1, 0.15) is 23.7 Å². The van der Waals surface area contributed by atoms with Gasteiger partial charge in [-0.3, -0.25) is 14.3 Å². The molecular formula is C31H30N2O6. The molecule has 6 rings (SSSR count). The highest BCUT2D eigenvalue weighted by atomic mass is 16.6. The Kier molecular flexibility index (Phi) is 6.46. The highest BCUT2D eigenvalue weighted by Gasteiger charge is 2.64. The molecule has 1 spiro atoms. The first-order valence-corrected chi connectivity index (χ1v) is 13.0. The second-order valence-electron chi connectivity index (χ2n) is 10.2. The molecule has 39 heavy (non-hydrogen) atoms. The monoisotopic (exact) mass is 526 g/mol. The maximum absolute atomic E-state index is 12.6. The average molecular weight is 527 g/mol. The summed E-state index contributed by atoms with van der Waals surface area (Å²) in [6.45, 7) is 0.0628. The molecule has 2 N–H and O–H groups in total. The molecule has 4 aromatic rings. The lowest BCUT2D eigenvalue weighted by Crippen LogP contribution is -2.39. The number of aliphatic hydroxyl groups is 1. The largest absolute Gasteiger partial charge is 0.497 e. The van der Waals surface area contributed by atoms with Gasteiger partial charge >= 0.3 is 5.69 Å². The molecule has 1 aliphatic carbocycles. The van der Waals surface area contributed by atoms with Crippen LogP contribution in [0.4, 0.5) is 0 Å². The fourth-order valence-electron chi connectivity index (χ4n) is 5.79. The molecule has 1 saturated carbocycles. The van der Waals surface area contributed by atoms with Gasteiger partial charge in [-0.15, -0.1) is 0 Å². The van der Waals surface area contributed by atoms with Crippen LogP contribution in [0.5, 0.6) is 5.75 Å². The molecular weight excluding hydrogens is 496 g/mol. The summed E-state index contributed by atoms with van der Waals surface area (Å²) in [5, 5.41) is 11.4. The summed E-state index contributed by atoms with van der Waals surface area (Å²) in [5.41, 5.74) is 0.0811. The highest BCUT2D eigenvalue weighted by Crippen LogP contribution is 2.62. The maximum Gasteiger partial charge on any atom is 0.330 e. The number of hydrogen-bond acceptors (Lipinski definition) is 6. The maximum atomic E-state index is 12.6. The predicted molar refractivity (Wildman–Crippen MR) is 145 cm³/mol. The van der Waals surface area contributed by atoms with Crippen LogP contribution in [0.2, 0.25) is 0 Å². The van der Waals surface area contributed by atoms with Crippen molar-refractivity contribution in [3.8, 4) is 5.75 Å². The first-order valence-electron chi connectivity index (χ1n) is 13.0. The second kappa shape index (κ2) is 9.96. The van der Waals surface area contributed by atoms with Gasteiger partial charge in [0.05, 0.1) is 19.8 Å². The van der Waals surface area contributed by atoms with Crippen LogP contribution in [0, 0.1) is 5.41 Å². The van der Waals surface area contributed by atoms with E-state index in [1.807, 2.05) is 84.9 Å². The average Bonchev–Trinajstić information content (AvgIpc) is 3.73. The third-order valence-electron chi connectivity index (χ3n) is 7.99. The zero-order chi connectivity index (χ0) is 27.0. The van der Waals surface area contributed by atoms with Crippen molar-refractivity contribution in [2.45, 2.75) is 36.9 Å². The minimum absolute atomic E-state index is 0.0628. The quantitative estimate of drug-likeness (QED) is 0.340. The first-order chi connectivity index (χ1) is 19.0. The third-order valence-corrected chi connectivity index (χ3v) is 7.99. The fraction of sp³-hybridized carbons (Fsp3) is 0.290. The number of aliphatic hydroxyl groups excluding tert-OH is 1. The van der Waals surface area contributed by atoms with Crippen molar-refractivity contribution in [2.75, 3.05) is 13.7 Å². The van der Waals surface area contributed by atoms with Gasteiger partial charge < -0.3 is 19.3 Å². The number of hydrogen-bond donors (Lipinski definition) is 2. The van der Waals surface area contributed by atoms with Gasteiger partial charge in [0.2, 0.25) is 0 Å². The normalized spacial score (nSPS) is 21.6. The number of benzene rings is 3. The Morgan fingerprint density at radius 2 is 1.51 bits per heavy atom. The lowest BCUT2D eigenvalue weighted by Gasteiger charge is -2.37. The number of aromatic amines is 1. The number of H-pyrrole nitrogens is 1. The Balaban J connectivity index is 1.40. The number of rotatable bonds is 8. The number of aromatic nitrogens is 2. The van der Waals surface area contributed by atoms with Gasteiger partial charge in [0, 0.05) is 17.7 Å². The van der Waals surface area contributed by atoms with Gasteiger partial charge in [0.15, 0.2) is 0 Å². The molecule has 8 nitrogen and oxygen atoms in total. The van der Waals surface area contributed by atoms with Gasteiger partial charge in [-0.2, -0.15) is 0 Å². The molecule has 1 aromatic heterocycles. The molecule has 2 aliphatic rings. The molecule has 0 radical (unpaired) electrons. The summed E-state index contributed by atoms with van der Waals surface area (Å²) in [5.74, 6) is 0.730. The van der Waals surface area contributed by atoms with Gasteiger partial charge in [-0.05, 0) is 41.7 Å². The molecule has 2 fully saturated rings. The van der Waals surface area contributed by atoms with E-state index in [9.17, 15) is 14.7 Å². The van der Waals surface area contributed by atoms with Crippen molar-refractivity contribution in [1.29, 1.82) is 0 Å². The summed E-state index contributed by atoms with van der Waals surface area (Å²) in [7, 11) is 1.63. The Morgan fingerprint density at radius 1 is 0.923 bits per heavy atom. The molecule has 200 valence electrons. The van der Waals surface area contributed by atoms with E-state index in [1.54, 1.807) is 7.11 Å². The molecule has 3 aromatic carbocycles. The Labute approximate surface area is 225 Å². The summed E-state index contributed by atoms with van der Waals surface area (Å²) >= 11 is 0. The number of nitrogens with zero attached hydrogens (tertiary/aromatic N) is 1. The van der Waals surface area contributed by atoms with Crippen molar-refractivity contribution in [3.63, 3.8) is 0 Å². The van der Waals surface area contributed by atoms with E-state index in [-0.39, 0.29) is 6.61 Å². The molecule has 0 amide bonds. The van der Waals surface area contributed by atoms with Crippen LogP contribution in [-0.2, 0) is 15.1 Å². The zero-order valence-electron chi connectivity index (χ0n) is 21.5. The van der Waals surface area contributed by atoms with Crippen LogP contribution in [0.3, 0.4) is 0 Å².